The molecule has 1 aromatic carbocycles. The number of aryl methyl sites for hydroxylation is 1. The van der Waals surface area contributed by atoms with Crippen molar-refractivity contribution in [2.24, 2.45) is 0 Å². The maximum absolute atomic E-state index is 13.2. The maximum Gasteiger partial charge on any atom is 0.254 e. The van der Waals surface area contributed by atoms with Crippen LogP contribution in [0.4, 0.5) is 0 Å². The Labute approximate surface area is 145 Å². The summed E-state index contributed by atoms with van der Waals surface area (Å²) in [4.78, 5) is 15.2. The van der Waals surface area contributed by atoms with Gasteiger partial charge < -0.3 is 4.90 Å². The van der Waals surface area contributed by atoms with Crippen LogP contribution in [0.5, 0.6) is 0 Å². The van der Waals surface area contributed by atoms with E-state index >= 15 is 0 Å². The summed E-state index contributed by atoms with van der Waals surface area (Å²) < 4.78 is 1.80. The number of carbonyl (C=O) groups is 1. The fourth-order valence-corrected chi connectivity index (χ4v) is 3.47. The molecule has 2 aromatic heterocycles. The first kappa shape index (κ1) is 15.6. The molecule has 1 aliphatic heterocycles. The van der Waals surface area contributed by atoms with E-state index in [0.29, 0.717) is 5.56 Å². The molecule has 25 heavy (non-hydrogen) atoms. The molecule has 1 aliphatic rings. The predicted molar refractivity (Wildman–Crippen MR) is 92.3 cm³/mol. The molecule has 0 radical (unpaired) electrons. The van der Waals surface area contributed by atoms with Gasteiger partial charge in [-0.3, -0.25) is 14.5 Å². The van der Waals surface area contributed by atoms with E-state index in [0.717, 1.165) is 42.8 Å². The Bertz CT molecular complexity index is 869. The van der Waals surface area contributed by atoms with Crippen molar-refractivity contribution in [3.05, 3.63) is 59.9 Å². The summed E-state index contributed by atoms with van der Waals surface area (Å²) in [5, 5.41) is 14.9. The number of nitrogens with zero attached hydrogens (tertiary/aromatic N) is 5. The van der Waals surface area contributed by atoms with E-state index in [1.807, 2.05) is 42.3 Å². The second kappa shape index (κ2) is 6.51. The molecule has 0 saturated carbocycles. The van der Waals surface area contributed by atoms with Gasteiger partial charge in [0, 0.05) is 17.8 Å². The fourth-order valence-electron chi connectivity index (χ4n) is 3.47. The van der Waals surface area contributed by atoms with Gasteiger partial charge in [0.1, 0.15) is 12.7 Å². The lowest BCUT2D eigenvalue weighted by Gasteiger charge is -2.35. The van der Waals surface area contributed by atoms with E-state index in [-0.39, 0.29) is 11.9 Å². The third-order valence-electron chi connectivity index (χ3n) is 4.77. The monoisotopic (exact) mass is 336 g/mol. The molecule has 3 aromatic rings. The second-order valence-corrected chi connectivity index (χ2v) is 6.40. The first-order valence-corrected chi connectivity index (χ1v) is 8.50. The van der Waals surface area contributed by atoms with Crippen molar-refractivity contribution in [1.29, 1.82) is 0 Å². The number of carbonyl (C=O) groups excluding carboxylic acids is 1. The van der Waals surface area contributed by atoms with E-state index in [1.165, 1.54) is 0 Å². The van der Waals surface area contributed by atoms with Gasteiger partial charge in [-0.05, 0) is 49.9 Å². The summed E-state index contributed by atoms with van der Waals surface area (Å²) in [5.41, 5.74) is 3.70. The Morgan fingerprint density at radius 2 is 2.08 bits per heavy atom. The van der Waals surface area contributed by atoms with Gasteiger partial charge >= 0.3 is 0 Å². The van der Waals surface area contributed by atoms with Crippen LogP contribution in [0.2, 0.25) is 0 Å². The SMILES string of the molecule is Cc1cn[nH]c1[C@@H]1CCCCN1C(=O)c1cccc(-n2cnnc2)c1. The van der Waals surface area contributed by atoms with Crippen LogP contribution in [0.3, 0.4) is 0 Å². The average molecular weight is 336 g/mol. The molecule has 1 N–H and O–H groups in total. The number of hydrogen-bond donors (Lipinski definition) is 1. The second-order valence-electron chi connectivity index (χ2n) is 6.40. The summed E-state index contributed by atoms with van der Waals surface area (Å²) in [6.07, 6.45) is 8.18. The van der Waals surface area contributed by atoms with Gasteiger partial charge in [-0.1, -0.05) is 6.07 Å². The minimum absolute atomic E-state index is 0.0497. The smallest absolute Gasteiger partial charge is 0.254 e. The molecule has 4 rings (SSSR count). The summed E-state index contributed by atoms with van der Waals surface area (Å²) >= 11 is 0. The molecule has 1 saturated heterocycles. The van der Waals surface area contributed by atoms with Crippen LogP contribution in [-0.2, 0) is 0 Å². The zero-order valence-corrected chi connectivity index (χ0v) is 14.1. The fraction of sp³-hybridized carbons (Fsp3) is 0.333. The van der Waals surface area contributed by atoms with E-state index in [2.05, 4.69) is 20.4 Å². The number of hydrogen-bond acceptors (Lipinski definition) is 4. The number of likely N-dealkylation sites (tertiary alicyclic amines) is 1. The van der Waals surface area contributed by atoms with Gasteiger partial charge in [0.15, 0.2) is 0 Å². The number of amides is 1. The first-order chi connectivity index (χ1) is 12.2. The minimum Gasteiger partial charge on any atom is -0.330 e. The number of aromatic nitrogens is 5. The van der Waals surface area contributed by atoms with Crippen molar-refractivity contribution in [2.75, 3.05) is 6.54 Å². The highest BCUT2D eigenvalue weighted by atomic mass is 16.2. The van der Waals surface area contributed by atoms with Gasteiger partial charge in [-0.25, -0.2) is 0 Å². The summed E-state index contributed by atoms with van der Waals surface area (Å²) in [5.74, 6) is 0.0497. The molecule has 7 heteroatoms. The lowest BCUT2D eigenvalue weighted by atomic mass is 9.96. The maximum atomic E-state index is 13.2. The van der Waals surface area contributed by atoms with Crippen LogP contribution in [0.1, 0.15) is 46.9 Å². The summed E-state index contributed by atoms with van der Waals surface area (Å²) in [7, 11) is 0. The Morgan fingerprint density at radius 1 is 1.24 bits per heavy atom. The molecule has 0 spiro atoms. The zero-order chi connectivity index (χ0) is 17.2. The standard InChI is InChI=1S/C18H20N6O/c1-13-10-19-22-17(13)16-7-2-3-8-24(16)18(25)14-5-4-6-15(9-14)23-11-20-21-12-23/h4-6,9-12,16H,2-3,7-8H2,1H3,(H,19,22)/t16-/m0/s1. The highest BCUT2D eigenvalue weighted by molar-refractivity contribution is 5.95. The Kier molecular flexibility index (Phi) is 4.05. The van der Waals surface area contributed by atoms with Gasteiger partial charge in [-0.2, -0.15) is 5.10 Å². The quantitative estimate of drug-likeness (QED) is 0.797. The lowest BCUT2D eigenvalue weighted by molar-refractivity contribution is 0.0605. The van der Waals surface area contributed by atoms with Crippen LogP contribution in [0, 0.1) is 6.92 Å². The number of piperidine rings is 1. The predicted octanol–water partition coefficient (Wildman–Crippen LogP) is 2.67. The lowest BCUT2D eigenvalue weighted by Crippen LogP contribution is -2.39. The largest absolute Gasteiger partial charge is 0.330 e. The van der Waals surface area contributed by atoms with Crippen LogP contribution >= 0.6 is 0 Å². The zero-order valence-electron chi connectivity index (χ0n) is 14.1. The van der Waals surface area contributed by atoms with Crippen molar-refractivity contribution in [3.8, 4) is 5.69 Å². The van der Waals surface area contributed by atoms with E-state index in [9.17, 15) is 4.79 Å². The molecule has 3 heterocycles. The van der Waals surface area contributed by atoms with Gasteiger partial charge in [0.25, 0.3) is 5.91 Å². The van der Waals surface area contributed by atoms with Crippen molar-refractivity contribution < 1.29 is 4.79 Å². The molecule has 0 aliphatic carbocycles. The molecule has 128 valence electrons. The molecule has 7 nitrogen and oxygen atoms in total. The first-order valence-electron chi connectivity index (χ1n) is 8.50. The summed E-state index contributed by atoms with van der Waals surface area (Å²) in [6.45, 7) is 2.79. The third kappa shape index (κ3) is 2.93. The average Bonchev–Trinajstić information content (AvgIpc) is 3.33. The highest BCUT2D eigenvalue weighted by Gasteiger charge is 2.30. The number of rotatable bonds is 3. The molecular weight excluding hydrogens is 316 g/mol. The normalized spacial score (nSPS) is 17.6. The van der Waals surface area contributed by atoms with E-state index in [1.54, 1.807) is 17.2 Å². The number of aromatic amines is 1. The molecule has 0 bridgehead atoms. The van der Waals surface area contributed by atoms with E-state index < -0.39 is 0 Å². The van der Waals surface area contributed by atoms with Gasteiger partial charge in [0.05, 0.1) is 17.9 Å². The van der Waals surface area contributed by atoms with Crippen LogP contribution < -0.4 is 0 Å². The molecule has 1 atom stereocenters. The van der Waals surface area contributed by atoms with Crippen molar-refractivity contribution in [1.82, 2.24) is 29.9 Å². The molecule has 1 fully saturated rings. The number of H-pyrrole nitrogens is 1. The Balaban J connectivity index is 1.65. The molecule has 1 amide bonds. The van der Waals surface area contributed by atoms with Crippen molar-refractivity contribution in [2.45, 2.75) is 32.2 Å². The number of nitrogens with one attached hydrogen (secondary N) is 1. The highest BCUT2D eigenvalue weighted by Crippen LogP contribution is 2.32. The minimum atomic E-state index is 0.0497. The van der Waals surface area contributed by atoms with E-state index in [4.69, 9.17) is 0 Å². The summed E-state index contributed by atoms with van der Waals surface area (Å²) in [6, 6.07) is 7.64. The Morgan fingerprint density at radius 3 is 2.84 bits per heavy atom. The van der Waals surface area contributed by atoms with Gasteiger partial charge in [0.2, 0.25) is 0 Å². The van der Waals surface area contributed by atoms with Crippen LogP contribution in [0.15, 0.2) is 43.1 Å². The van der Waals surface area contributed by atoms with Gasteiger partial charge in [-0.15, -0.1) is 10.2 Å². The topological polar surface area (TPSA) is 79.7 Å². The third-order valence-corrected chi connectivity index (χ3v) is 4.77. The molecular formula is C18H20N6O. The van der Waals surface area contributed by atoms with Crippen LogP contribution in [-0.4, -0.2) is 42.3 Å². The van der Waals surface area contributed by atoms with Crippen LogP contribution in [0.25, 0.3) is 5.69 Å². The van der Waals surface area contributed by atoms with Crippen molar-refractivity contribution in [3.63, 3.8) is 0 Å². The van der Waals surface area contributed by atoms with Crippen molar-refractivity contribution >= 4 is 5.91 Å². The number of benzene rings is 1. The Hall–Kier alpha value is -2.96. The molecule has 0 unspecified atom stereocenters.